The molecule has 0 N–H and O–H groups in total. The molecule has 3 aromatic rings. The fourth-order valence-corrected chi connectivity index (χ4v) is 4.60. The molecule has 0 bridgehead atoms. The van der Waals surface area contributed by atoms with Crippen molar-refractivity contribution in [1.29, 1.82) is 0 Å². The molecule has 0 aliphatic heterocycles. The third kappa shape index (κ3) is 3.36. The second-order valence-electron chi connectivity index (χ2n) is 5.48. The van der Waals surface area contributed by atoms with Gasteiger partial charge in [0.05, 0.1) is 28.2 Å². The van der Waals surface area contributed by atoms with Gasteiger partial charge >= 0.3 is 0 Å². The highest BCUT2D eigenvalue weighted by atomic mass is 32.1. The first-order valence-corrected chi connectivity index (χ1v) is 9.53. The number of anilines is 1. The lowest BCUT2D eigenvalue weighted by atomic mass is 10.2. The van der Waals surface area contributed by atoms with Gasteiger partial charge in [-0.1, -0.05) is 30.4 Å². The van der Waals surface area contributed by atoms with Crippen molar-refractivity contribution < 1.29 is 9.53 Å². The number of thiophene rings is 1. The van der Waals surface area contributed by atoms with Crippen molar-refractivity contribution >= 4 is 43.9 Å². The average Bonchev–Trinajstić information content (AvgIpc) is 3.18. The van der Waals surface area contributed by atoms with E-state index in [1.54, 1.807) is 23.3 Å². The number of thiazole rings is 1. The molecule has 0 saturated carbocycles. The standard InChI is InChI=1S/C18H20N2O2S2/c1-4-14-12(2)11-16(23-14)17(21)20(9-10-22-3)18-19-13-7-5-6-8-15(13)24-18/h5-8,11H,4,9-10H2,1-3H3. The maximum Gasteiger partial charge on any atom is 0.270 e. The van der Waals surface area contributed by atoms with Crippen LogP contribution in [0.25, 0.3) is 10.2 Å². The smallest absolute Gasteiger partial charge is 0.270 e. The van der Waals surface area contributed by atoms with Gasteiger partial charge in [0.15, 0.2) is 5.13 Å². The van der Waals surface area contributed by atoms with E-state index >= 15 is 0 Å². The number of benzene rings is 1. The van der Waals surface area contributed by atoms with Crippen LogP contribution in [-0.2, 0) is 11.2 Å². The van der Waals surface area contributed by atoms with E-state index in [-0.39, 0.29) is 5.91 Å². The fourth-order valence-electron chi connectivity index (χ4n) is 2.55. The topological polar surface area (TPSA) is 42.4 Å². The van der Waals surface area contributed by atoms with Gasteiger partial charge in [-0.2, -0.15) is 0 Å². The van der Waals surface area contributed by atoms with Crippen LogP contribution in [0.1, 0.15) is 27.0 Å². The molecule has 2 aromatic heterocycles. The van der Waals surface area contributed by atoms with Crippen LogP contribution in [0.2, 0.25) is 0 Å². The van der Waals surface area contributed by atoms with Gasteiger partial charge in [0.1, 0.15) is 0 Å². The van der Waals surface area contributed by atoms with Gasteiger partial charge < -0.3 is 4.74 Å². The lowest BCUT2D eigenvalue weighted by molar-refractivity contribution is 0.0980. The molecular weight excluding hydrogens is 340 g/mol. The van der Waals surface area contributed by atoms with Crippen LogP contribution >= 0.6 is 22.7 Å². The lowest BCUT2D eigenvalue weighted by Gasteiger charge is -2.18. The Bertz CT molecular complexity index is 821. The van der Waals surface area contributed by atoms with Crippen LogP contribution in [0.15, 0.2) is 30.3 Å². The second-order valence-corrected chi connectivity index (χ2v) is 7.63. The number of carbonyl (C=O) groups is 1. The van der Waals surface area contributed by atoms with Crippen molar-refractivity contribution in [2.45, 2.75) is 20.3 Å². The summed E-state index contributed by atoms with van der Waals surface area (Å²) in [6, 6.07) is 9.93. The molecule has 1 aromatic carbocycles. The quantitative estimate of drug-likeness (QED) is 0.649. The fraction of sp³-hybridized carbons (Fsp3) is 0.333. The third-order valence-electron chi connectivity index (χ3n) is 3.83. The molecule has 126 valence electrons. The van der Waals surface area contributed by atoms with Crippen molar-refractivity contribution in [3.05, 3.63) is 45.6 Å². The summed E-state index contributed by atoms with van der Waals surface area (Å²) in [4.78, 5) is 21.4. The normalized spacial score (nSPS) is 11.1. The van der Waals surface area contributed by atoms with E-state index in [4.69, 9.17) is 4.74 Å². The van der Waals surface area contributed by atoms with Crippen LogP contribution in [0, 0.1) is 6.92 Å². The van der Waals surface area contributed by atoms with E-state index in [0.29, 0.717) is 13.2 Å². The van der Waals surface area contributed by atoms with Gasteiger partial charge in [-0.05, 0) is 37.1 Å². The Morgan fingerprint density at radius 2 is 2.08 bits per heavy atom. The maximum absolute atomic E-state index is 13.1. The van der Waals surface area contributed by atoms with E-state index in [1.807, 2.05) is 30.3 Å². The molecule has 0 atom stereocenters. The first-order chi connectivity index (χ1) is 11.6. The number of aromatic nitrogens is 1. The lowest BCUT2D eigenvalue weighted by Crippen LogP contribution is -2.33. The molecule has 3 rings (SSSR count). The number of hydrogen-bond acceptors (Lipinski definition) is 5. The summed E-state index contributed by atoms with van der Waals surface area (Å²) in [6.07, 6.45) is 0.947. The Morgan fingerprint density at radius 3 is 2.75 bits per heavy atom. The SMILES string of the molecule is CCc1sc(C(=O)N(CCOC)c2nc3ccccc3s2)cc1C. The van der Waals surface area contributed by atoms with E-state index in [1.165, 1.54) is 21.8 Å². The van der Waals surface area contributed by atoms with Crippen molar-refractivity contribution in [2.75, 3.05) is 25.2 Å². The number of rotatable bonds is 6. The van der Waals surface area contributed by atoms with Crippen LogP contribution in [0.5, 0.6) is 0 Å². The summed E-state index contributed by atoms with van der Waals surface area (Å²) in [5.41, 5.74) is 2.10. The van der Waals surface area contributed by atoms with Gasteiger partial charge in [-0.3, -0.25) is 9.69 Å². The number of nitrogens with zero attached hydrogens (tertiary/aromatic N) is 2. The van der Waals surface area contributed by atoms with Crippen molar-refractivity contribution in [3.63, 3.8) is 0 Å². The van der Waals surface area contributed by atoms with Crippen LogP contribution in [-0.4, -0.2) is 31.2 Å². The van der Waals surface area contributed by atoms with Gasteiger partial charge in [0.25, 0.3) is 5.91 Å². The monoisotopic (exact) mass is 360 g/mol. The molecule has 6 heteroatoms. The predicted octanol–water partition coefficient (Wildman–Crippen LogP) is 4.52. The predicted molar refractivity (Wildman–Crippen MR) is 102 cm³/mol. The summed E-state index contributed by atoms with van der Waals surface area (Å²) >= 11 is 3.11. The first-order valence-electron chi connectivity index (χ1n) is 7.89. The van der Waals surface area contributed by atoms with Gasteiger partial charge in [-0.25, -0.2) is 4.98 Å². The summed E-state index contributed by atoms with van der Waals surface area (Å²) in [5.74, 6) is -0.00101. The molecule has 0 radical (unpaired) electrons. The molecule has 0 spiro atoms. The minimum absolute atomic E-state index is 0.00101. The second kappa shape index (κ2) is 7.42. The highest BCUT2D eigenvalue weighted by Gasteiger charge is 2.23. The number of hydrogen-bond donors (Lipinski definition) is 0. The molecule has 0 aliphatic carbocycles. The van der Waals surface area contributed by atoms with Crippen LogP contribution in [0.3, 0.4) is 0 Å². The Labute approximate surface area is 149 Å². The largest absolute Gasteiger partial charge is 0.383 e. The van der Waals surface area contributed by atoms with Gasteiger partial charge in [-0.15, -0.1) is 11.3 Å². The van der Waals surface area contributed by atoms with Crippen LogP contribution in [0.4, 0.5) is 5.13 Å². The highest BCUT2D eigenvalue weighted by Crippen LogP contribution is 2.31. The summed E-state index contributed by atoms with van der Waals surface area (Å²) in [5, 5.41) is 0.724. The van der Waals surface area contributed by atoms with E-state index in [2.05, 4.69) is 18.8 Å². The van der Waals surface area contributed by atoms with E-state index in [0.717, 1.165) is 26.6 Å². The minimum atomic E-state index is -0.00101. The van der Waals surface area contributed by atoms with Gasteiger partial charge in [0, 0.05) is 12.0 Å². The van der Waals surface area contributed by atoms with E-state index in [9.17, 15) is 4.79 Å². The summed E-state index contributed by atoms with van der Waals surface area (Å²) in [7, 11) is 1.64. The van der Waals surface area contributed by atoms with E-state index < -0.39 is 0 Å². The summed E-state index contributed by atoms with van der Waals surface area (Å²) < 4.78 is 6.27. The minimum Gasteiger partial charge on any atom is -0.383 e. The first kappa shape index (κ1) is 17.1. The van der Waals surface area contributed by atoms with Crippen LogP contribution < -0.4 is 4.90 Å². The molecule has 0 aliphatic rings. The maximum atomic E-state index is 13.1. The molecule has 2 heterocycles. The molecule has 0 unspecified atom stereocenters. The Hall–Kier alpha value is -1.76. The Kier molecular flexibility index (Phi) is 5.28. The molecule has 0 fully saturated rings. The van der Waals surface area contributed by atoms with Crippen molar-refractivity contribution in [2.24, 2.45) is 0 Å². The molecule has 4 nitrogen and oxygen atoms in total. The number of fused-ring (bicyclic) bond motifs is 1. The highest BCUT2D eigenvalue weighted by molar-refractivity contribution is 7.22. The zero-order valence-electron chi connectivity index (χ0n) is 14.0. The van der Waals surface area contributed by atoms with Crippen molar-refractivity contribution in [3.8, 4) is 0 Å². The number of methoxy groups -OCH3 is 1. The number of amides is 1. The Morgan fingerprint density at radius 1 is 1.29 bits per heavy atom. The number of aryl methyl sites for hydroxylation is 2. The molecule has 24 heavy (non-hydrogen) atoms. The molecular formula is C18H20N2O2S2. The zero-order chi connectivity index (χ0) is 17.1. The zero-order valence-corrected chi connectivity index (χ0v) is 15.7. The molecule has 0 saturated heterocycles. The number of carbonyl (C=O) groups excluding carboxylic acids is 1. The third-order valence-corrected chi connectivity index (χ3v) is 6.26. The number of ether oxygens (including phenoxy) is 1. The van der Waals surface area contributed by atoms with Gasteiger partial charge in [0.2, 0.25) is 0 Å². The molecule has 1 amide bonds. The van der Waals surface area contributed by atoms with Crippen molar-refractivity contribution in [1.82, 2.24) is 4.98 Å². The summed E-state index contributed by atoms with van der Waals surface area (Å²) in [6.45, 7) is 5.15. The average molecular weight is 361 g/mol. The number of para-hydroxylation sites is 1. The Balaban J connectivity index is 1.96.